The van der Waals surface area contributed by atoms with Gasteiger partial charge in [-0.15, -0.1) is 0 Å². The van der Waals surface area contributed by atoms with Crippen LogP contribution in [0.1, 0.15) is 10.4 Å². The number of ether oxygens (including phenoxy) is 2. The molecule has 1 aliphatic rings. The van der Waals surface area contributed by atoms with Crippen LogP contribution in [0.5, 0.6) is 11.5 Å². The minimum Gasteiger partial charge on any atom is -0.497 e. The fourth-order valence-corrected chi connectivity index (χ4v) is 2.12. The van der Waals surface area contributed by atoms with Crippen LogP contribution in [0.2, 0.25) is 0 Å². The zero-order chi connectivity index (χ0) is 13.8. The van der Waals surface area contributed by atoms with Gasteiger partial charge >= 0.3 is 0 Å². The third kappa shape index (κ3) is 3.17. The van der Waals surface area contributed by atoms with Crippen molar-refractivity contribution in [1.29, 1.82) is 0 Å². The topological polar surface area (TPSA) is 42.0 Å². The molecule has 1 aliphatic heterocycles. The Morgan fingerprint density at radius 1 is 1.00 bits per heavy atom. The van der Waals surface area contributed by atoms with Gasteiger partial charge in [-0.1, -0.05) is 0 Å². The van der Waals surface area contributed by atoms with Gasteiger partial charge in [0.25, 0.3) is 5.91 Å². The predicted molar refractivity (Wildman–Crippen MR) is 72.9 cm³/mol. The molecule has 5 nitrogen and oxygen atoms in total. The second kappa shape index (κ2) is 5.93. The number of piperazine rings is 1. The van der Waals surface area contributed by atoms with Gasteiger partial charge in [0, 0.05) is 37.8 Å². The third-order valence-corrected chi connectivity index (χ3v) is 3.39. The van der Waals surface area contributed by atoms with Crippen molar-refractivity contribution in [3.8, 4) is 11.5 Å². The van der Waals surface area contributed by atoms with E-state index in [0.29, 0.717) is 17.1 Å². The number of carbonyl (C=O) groups is 1. The van der Waals surface area contributed by atoms with Crippen molar-refractivity contribution < 1.29 is 14.3 Å². The first-order valence-electron chi connectivity index (χ1n) is 6.35. The fourth-order valence-electron chi connectivity index (χ4n) is 2.12. The number of rotatable bonds is 3. The average molecular weight is 264 g/mol. The van der Waals surface area contributed by atoms with Gasteiger partial charge in [0.1, 0.15) is 11.5 Å². The summed E-state index contributed by atoms with van der Waals surface area (Å²) in [5, 5.41) is 0. The molecule has 1 amide bonds. The molecule has 0 radical (unpaired) electrons. The maximum atomic E-state index is 12.4. The molecule has 2 rings (SSSR count). The summed E-state index contributed by atoms with van der Waals surface area (Å²) in [5.74, 6) is 1.30. The van der Waals surface area contributed by atoms with Gasteiger partial charge in [0.2, 0.25) is 0 Å². The molecule has 5 heteroatoms. The summed E-state index contributed by atoms with van der Waals surface area (Å²) in [4.78, 5) is 16.5. The van der Waals surface area contributed by atoms with Crippen LogP contribution in [0.25, 0.3) is 0 Å². The molecule has 0 aromatic heterocycles. The van der Waals surface area contributed by atoms with Gasteiger partial charge in [-0.05, 0) is 19.2 Å². The van der Waals surface area contributed by atoms with E-state index in [1.807, 2.05) is 4.90 Å². The van der Waals surface area contributed by atoms with Crippen molar-refractivity contribution in [3.63, 3.8) is 0 Å². The second-order valence-corrected chi connectivity index (χ2v) is 4.70. The highest BCUT2D eigenvalue weighted by molar-refractivity contribution is 5.95. The van der Waals surface area contributed by atoms with Crippen molar-refractivity contribution in [1.82, 2.24) is 9.80 Å². The summed E-state index contributed by atoms with van der Waals surface area (Å²) >= 11 is 0. The highest BCUT2D eigenvalue weighted by Crippen LogP contribution is 2.23. The molecule has 0 saturated carbocycles. The number of likely N-dealkylation sites (N-methyl/N-ethyl adjacent to an activating group) is 1. The Morgan fingerprint density at radius 3 is 2.00 bits per heavy atom. The summed E-state index contributed by atoms with van der Waals surface area (Å²) in [7, 11) is 5.23. The first-order valence-corrected chi connectivity index (χ1v) is 6.35. The quantitative estimate of drug-likeness (QED) is 0.819. The molecule has 0 aliphatic carbocycles. The third-order valence-electron chi connectivity index (χ3n) is 3.39. The van der Waals surface area contributed by atoms with Gasteiger partial charge in [-0.25, -0.2) is 0 Å². The molecule has 0 spiro atoms. The number of carbonyl (C=O) groups excluding carboxylic acids is 1. The molecule has 1 aromatic rings. The summed E-state index contributed by atoms with van der Waals surface area (Å²) in [6.45, 7) is 3.34. The number of amides is 1. The molecule has 1 saturated heterocycles. The lowest BCUT2D eigenvalue weighted by Gasteiger charge is -2.32. The monoisotopic (exact) mass is 264 g/mol. The maximum Gasteiger partial charge on any atom is 0.254 e. The second-order valence-electron chi connectivity index (χ2n) is 4.70. The Balaban J connectivity index is 2.18. The minimum absolute atomic E-state index is 0.0327. The maximum absolute atomic E-state index is 12.4. The lowest BCUT2D eigenvalue weighted by atomic mass is 10.1. The van der Waals surface area contributed by atoms with E-state index in [9.17, 15) is 4.79 Å². The predicted octanol–water partition coefficient (Wildman–Crippen LogP) is 1.09. The lowest BCUT2D eigenvalue weighted by molar-refractivity contribution is 0.0663. The number of benzene rings is 1. The van der Waals surface area contributed by atoms with Crippen LogP contribution in [0.15, 0.2) is 18.2 Å². The Labute approximate surface area is 113 Å². The van der Waals surface area contributed by atoms with Crippen molar-refractivity contribution in [3.05, 3.63) is 23.8 Å². The average Bonchev–Trinajstić information content (AvgIpc) is 2.46. The van der Waals surface area contributed by atoms with Crippen molar-refractivity contribution >= 4 is 5.91 Å². The zero-order valence-corrected chi connectivity index (χ0v) is 11.7. The summed E-state index contributed by atoms with van der Waals surface area (Å²) in [6, 6.07) is 5.27. The Hall–Kier alpha value is -1.75. The Morgan fingerprint density at radius 2 is 1.53 bits per heavy atom. The number of nitrogens with zero attached hydrogens (tertiary/aromatic N) is 2. The van der Waals surface area contributed by atoms with Crippen LogP contribution in [-0.4, -0.2) is 63.2 Å². The van der Waals surface area contributed by atoms with Crippen LogP contribution in [0.4, 0.5) is 0 Å². The molecule has 0 unspecified atom stereocenters. The first-order chi connectivity index (χ1) is 9.13. The number of hydrogen-bond donors (Lipinski definition) is 0. The molecule has 1 heterocycles. The molecular formula is C14H20N2O3. The molecule has 0 bridgehead atoms. The lowest BCUT2D eigenvalue weighted by Crippen LogP contribution is -2.47. The molecular weight excluding hydrogens is 244 g/mol. The van der Waals surface area contributed by atoms with Gasteiger partial charge in [0.15, 0.2) is 0 Å². The van der Waals surface area contributed by atoms with Crippen LogP contribution >= 0.6 is 0 Å². The molecule has 1 fully saturated rings. The molecule has 1 aromatic carbocycles. The first kappa shape index (κ1) is 13.7. The van der Waals surface area contributed by atoms with Gasteiger partial charge in [-0.2, -0.15) is 0 Å². The Kier molecular flexibility index (Phi) is 4.27. The molecule has 0 atom stereocenters. The molecule has 19 heavy (non-hydrogen) atoms. The summed E-state index contributed by atoms with van der Waals surface area (Å²) in [5.41, 5.74) is 0.612. The minimum atomic E-state index is 0.0327. The summed E-state index contributed by atoms with van der Waals surface area (Å²) < 4.78 is 10.4. The van der Waals surface area contributed by atoms with E-state index in [-0.39, 0.29) is 5.91 Å². The van der Waals surface area contributed by atoms with Gasteiger partial charge in [-0.3, -0.25) is 4.79 Å². The summed E-state index contributed by atoms with van der Waals surface area (Å²) in [6.07, 6.45) is 0. The van der Waals surface area contributed by atoms with E-state index in [1.54, 1.807) is 32.4 Å². The largest absolute Gasteiger partial charge is 0.497 e. The fraction of sp³-hybridized carbons (Fsp3) is 0.500. The van der Waals surface area contributed by atoms with Gasteiger partial charge in [0.05, 0.1) is 14.2 Å². The van der Waals surface area contributed by atoms with E-state index < -0.39 is 0 Å². The van der Waals surface area contributed by atoms with Crippen molar-refractivity contribution in [2.75, 3.05) is 47.4 Å². The van der Waals surface area contributed by atoms with E-state index >= 15 is 0 Å². The highest BCUT2D eigenvalue weighted by atomic mass is 16.5. The van der Waals surface area contributed by atoms with Crippen LogP contribution in [0.3, 0.4) is 0 Å². The number of methoxy groups -OCH3 is 2. The zero-order valence-electron chi connectivity index (χ0n) is 11.7. The number of hydrogen-bond acceptors (Lipinski definition) is 4. The van der Waals surface area contributed by atoms with Crippen LogP contribution < -0.4 is 9.47 Å². The SMILES string of the molecule is COc1cc(OC)cc(C(=O)N2CCN(C)CC2)c1. The van der Waals surface area contributed by atoms with E-state index in [1.165, 1.54) is 0 Å². The Bertz CT molecular complexity index is 432. The van der Waals surface area contributed by atoms with Crippen molar-refractivity contribution in [2.45, 2.75) is 0 Å². The normalized spacial score (nSPS) is 16.3. The van der Waals surface area contributed by atoms with Crippen LogP contribution in [-0.2, 0) is 0 Å². The van der Waals surface area contributed by atoms with Gasteiger partial charge < -0.3 is 19.3 Å². The van der Waals surface area contributed by atoms with E-state index in [4.69, 9.17) is 9.47 Å². The standard InChI is InChI=1S/C14H20N2O3/c1-15-4-6-16(7-5-15)14(17)11-8-12(18-2)10-13(9-11)19-3/h8-10H,4-7H2,1-3H3. The molecule has 104 valence electrons. The smallest absolute Gasteiger partial charge is 0.254 e. The highest BCUT2D eigenvalue weighted by Gasteiger charge is 2.21. The molecule has 0 N–H and O–H groups in total. The van der Waals surface area contributed by atoms with Crippen molar-refractivity contribution in [2.24, 2.45) is 0 Å². The van der Waals surface area contributed by atoms with E-state index in [0.717, 1.165) is 26.2 Å². The van der Waals surface area contributed by atoms with E-state index in [2.05, 4.69) is 11.9 Å². The van der Waals surface area contributed by atoms with Crippen LogP contribution in [0, 0.1) is 0 Å².